The zero-order valence-corrected chi connectivity index (χ0v) is 14.0. The fourth-order valence-corrected chi connectivity index (χ4v) is 4.13. The van der Waals surface area contributed by atoms with E-state index in [-0.39, 0.29) is 0 Å². The Morgan fingerprint density at radius 2 is 2.19 bits per heavy atom. The second-order valence-electron chi connectivity index (χ2n) is 7.04. The van der Waals surface area contributed by atoms with Crippen LogP contribution < -0.4 is 5.32 Å². The molecule has 0 radical (unpaired) electrons. The van der Waals surface area contributed by atoms with Gasteiger partial charge in [0.1, 0.15) is 0 Å². The zero-order chi connectivity index (χ0) is 14.8. The van der Waals surface area contributed by atoms with E-state index in [2.05, 4.69) is 42.3 Å². The van der Waals surface area contributed by atoms with Gasteiger partial charge < -0.3 is 5.32 Å². The van der Waals surface area contributed by atoms with E-state index < -0.39 is 0 Å². The Labute approximate surface area is 133 Å². The molecule has 2 atom stereocenters. The van der Waals surface area contributed by atoms with Gasteiger partial charge in [0, 0.05) is 30.2 Å². The third-order valence-corrected chi connectivity index (χ3v) is 5.04. The SMILES string of the molecule is CC(C)CN(CC1CCCN1)C1CCc2cc(Cl)ccc21. The third kappa shape index (κ3) is 3.61. The molecule has 1 heterocycles. The highest BCUT2D eigenvalue weighted by Crippen LogP contribution is 2.37. The van der Waals surface area contributed by atoms with Crippen LogP contribution in [0.25, 0.3) is 0 Å². The van der Waals surface area contributed by atoms with Crippen LogP contribution >= 0.6 is 11.6 Å². The highest BCUT2D eigenvalue weighted by molar-refractivity contribution is 6.30. The van der Waals surface area contributed by atoms with Gasteiger partial charge in [0.15, 0.2) is 0 Å². The van der Waals surface area contributed by atoms with E-state index in [9.17, 15) is 0 Å². The molecule has 116 valence electrons. The van der Waals surface area contributed by atoms with E-state index in [1.54, 1.807) is 0 Å². The van der Waals surface area contributed by atoms with E-state index in [4.69, 9.17) is 11.6 Å². The monoisotopic (exact) mass is 306 g/mol. The van der Waals surface area contributed by atoms with Gasteiger partial charge in [-0.05, 0) is 61.4 Å². The van der Waals surface area contributed by atoms with E-state index in [0.29, 0.717) is 18.0 Å². The van der Waals surface area contributed by atoms with Crippen LogP contribution in [0.3, 0.4) is 0 Å². The van der Waals surface area contributed by atoms with Crippen LogP contribution in [0.5, 0.6) is 0 Å². The first-order valence-electron chi connectivity index (χ1n) is 8.39. The highest BCUT2D eigenvalue weighted by atomic mass is 35.5. The van der Waals surface area contributed by atoms with Crippen LogP contribution in [-0.4, -0.2) is 30.6 Å². The molecule has 1 saturated heterocycles. The lowest BCUT2D eigenvalue weighted by atomic mass is 10.0. The molecule has 21 heavy (non-hydrogen) atoms. The van der Waals surface area contributed by atoms with E-state index >= 15 is 0 Å². The summed E-state index contributed by atoms with van der Waals surface area (Å²) >= 11 is 6.15. The molecule has 0 amide bonds. The Balaban J connectivity index is 1.77. The normalized spacial score (nSPS) is 25.0. The molecule has 3 rings (SSSR count). The number of hydrogen-bond donors (Lipinski definition) is 1. The maximum atomic E-state index is 6.15. The summed E-state index contributed by atoms with van der Waals surface area (Å²) < 4.78 is 0. The predicted molar refractivity (Wildman–Crippen MR) is 89.9 cm³/mol. The lowest BCUT2D eigenvalue weighted by molar-refractivity contribution is 0.160. The van der Waals surface area contributed by atoms with Crippen LogP contribution in [-0.2, 0) is 6.42 Å². The van der Waals surface area contributed by atoms with Gasteiger partial charge in [-0.2, -0.15) is 0 Å². The Morgan fingerprint density at radius 1 is 1.33 bits per heavy atom. The number of fused-ring (bicyclic) bond motifs is 1. The van der Waals surface area contributed by atoms with Crippen molar-refractivity contribution in [1.29, 1.82) is 0 Å². The second kappa shape index (κ2) is 6.68. The summed E-state index contributed by atoms with van der Waals surface area (Å²) in [5.74, 6) is 0.711. The number of nitrogens with one attached hydrogen (secondary N) is 1. The van der Waals surface area contributed by atoms with Crippen molar-refractivity contribution in [2.75, 3.05) is 19.6 Å². The minimum Gasteiger partial charge on any atom is -0.313 e. The second-order valence-corrected chi connectivity index (χ2v) is 7.48. The zero-order valence-electron chi connectivity index (χ0n) is 13.2. The number of hydrogen-bond acceptors (Lipinski definition) is 2. The Morgan fingerprint density at radius 3 is 2.90 bits per heavy atom. The lowest BCUT2D eigenvalue weighted by Crippen LogP contribution is -2.41. The minimum absolute atomic E-state index is 0.585. The molecule has 1 aliphatic heterocycles. The Kier molecular flexibility index (Phi) is 4.88. The van der Waals surface area contributed by atoms with Gasteiger partial charge in [0.05, 0.1) is 0 Å². The van der Waals surface area contributed by atoms with Gasteiger partial charge in [0.2, 0.25) is 0 Å². The molecular formula is C18H27ClN2. The van der Waals surface area contributed by atoms with Crippen molar-refractivity contribution in [3.63, 3.8) is 0 Å². The van der Waals surface area contributed by atoms with Gasteiger partial charge in [-0.1, -0.05) is 31.5 Å². The summed E-state index contributed by atoms with van der Waals surface area (Å²) in [6, 6.07) is 7.74. The van der Waals surface area contributed by atoms with Crippen molar-refractivity contribution in [2.45, 2.75) is 51.6 Å². The molecule has 2 nitrogen and oxygen atoms in total. The topological polar surface area (TPSA) is 15.3 Å². The molecular weight excluding hydrogens is 280 g/mol. The summed E-state index contributed by atoms with van der Waals surface area (Å²) in [5.41, 5.74) is 2.97. The van der Waals surface area contributed by atoms with Gasteiger partial charge in [0.25, 0.3) is 0 Å². The van der Waals surface area contributed by atoms with E-state index in [1.807, 2.05) is 0 Å². The molecule has 1 N–H and O–H groups in total. The third-order valence-electron chi connectivity index (χ3n) is 4.81. The minimum atomic E-state index is 0.585. The standard InChI is InChI=1S/C18H27ClN2/c1-13(2)11-21(12-16-4-3-9-20-16)18-8-5-14-10-15(19)6-7-17(14)18/h6-7,10,13,16,18,20H,3-5,8-9,11-12H2,1-2H3. The number of benzene rings is 1. The lowest BCUT2D eigenvalue weighted by Gasteiger charge is -2.33. The summed E-state index contributed by atoms with van der Waals surface area (Å²) in [4.78, 5) is 2.72. The molecule has 0 aromatic heterocycles. The van der Waals surface area contributed by atoms with E-state index in [0.717, 1.165) is 5.02 Å². The fraction of sp³-hybridized carbons (Fsp3) is 0.667. The van der Waals surface area contributed by atoms with Crippen LogP contribution in [0.4, 0.5) is 0 Å². The van der Waals surface area contributed by atoms with Crippen molar-refractivity contribution in [3.8, 4) is 0 Å². The van der Waals surface area contributed by atoms with Crippen molar-refractivity contribution < 1.29 is 0 Å². The average Bonchev–Trinajstić information content (AvgIpc) is 3.05. The largest absolute Gasteiger partial charge is 0.313 e. The Bertz CT molecular complexity index is 480. The van der Waals surface area contributed by atoms with Crippen molar-refractivity contribution in [3.05, 3.63) is 34.3 Å². The maximum Gasteiger partial charge on any atom is 0.0408 e. The van der Waals surface area contributed by atoms with Crippen LogP contribution in [0, 0.1) is 5.92 Å². The summed E-state index contributed by atoms with van der Waals surface area (Å²) in [6.07, 6.45) is 5.08. The molecule has 0 spiro atoms. The van der Waals surface area contributed by atoms with Gasteiger partial charge in [-0.15, -0.1) is 0 Å². The highest BCUT2D eigenvalue weighted by Gasteiger charge is 2.30. The fourth-order valence-electron chi connectivity index (χ4n) is 3.94. The first-order valence-corrected chi connectivity index (χ1v) is 8.77. The Hall–Kier alpha value is -0.570. The summed E-state index contributed by atoms with van der Waals surface area (Å²) in [7, 11) is 0. The maximum absolute atomic E-state index is 6.15. The molecule has 2 unspecified atom stereocenters. The van der Waals surface area contributed by atoms with Crippen LogP contribution in [0.2, 0.25) is 5.02 Å². The summed E-state index contributed by atoms with van der Waals surface area (Å²) in [6.45, 7) is 8.21. The molecule has 1 fully saturated rings. The first kappa shape index (κ1) is 15.3. The molecule has 1 aromatic rings. The van der Waals surface area contributed by atoms with Gasteiger partial charge in [-0.3, -0.25) is 4.90 Å². The molecule has 3 heteroatoms. The van der Waals surface area contributed by atoms with Crippen molar-refractivity contribution in [2.24, 2.45) is 5.92 Å². The molecule has 1 aliphatic carbocycles. The number of aryl methyl sites for hydroxylation is 1. The van der Waals surface area contributed by atoms with E-state index in [1.165, 1.54) is 56.4 Å². The number of rotatable bonds is 5. The van der Waals surface area contributed by atoms with Gasteiger partial charge in [-0.25, -0.2) is 0 Å². The quantitative estimate of drug-likeness (QED) is 0.883. The van der Waals surface area contributed by atoms with Crippen molar-refractivity contribution >= 4 is 11.6 Å². The smallest absolute Gasteiger partial charge is 0.0408 e. The molecule has 1 aromatic carbocycles. The number of nitrogens with zero attached hydrogens (tertiary/aromatic N) is 1. The molecule has 0 saturated carbocycles. The van der Waals surface area contributed by atoms with Crippen LogP contribution in [0.1, 0.15) is 50.3 Å². The molecule has 2 aliphatic rings. The molecule has 0 bridgehead atoms. The van der Waals surface area contributed by atoms with Crippen LogP contribution in [0.15, 0.2) is 18.2 Å². The average molecular weight is 307 g/mol. The van der Waals surface area contributed by atoms with Gasteiger partial charge >= 0.3 is 0 Å². The first-order chi connectivity index (χ1) is 10.1. The van der Waals surface area contributed by atoms with Crippen molar-refractivity contribution in [1.82, 2.24) is 10.2 Å². The summed E-state index contributed by atoms with van der Waals surface area (Å²) in [5, 5.41) is 4.53. The predicted octanol–water partition coefficient (Wildman–Crippen LogP) is 4.04. The number of halogens is 1.